The summed E-state index contributed by atoms with van der Waals surface area (Å²) in [6.07, 6.45) is 0. The van der Waals surface area contributed by atoms with E-state index in [0.717, 1.165) is 6.07 Å². The quantitative estimate of drug-likeness (QED) is 0.592. The fourth-order valence-corrected chi connectivity index (χ4v) is 1.05. The fraction of sp³-hybridized carbons (Fsp3) is 0.200. The Morgan fingerprint density at radius 2 is 1.94 bits per heavy atom. The van der Waals surface area contributed by atoms with E-state index in [1.807, 2.05) is 0 Å². The standard InChI is InChI=1S/C10H11NO5/c1-5(10(15)16)11-9(14)7-3-2-6(12)4-8(7)13/h2-5,12-13H,1H3,(H,11,14)(H,15,16). The van der Waals surface area contributed by atoms with Crippen LogP contribution in [0.15, 0.2) is 18.2 Å². The predicted octanol–water partition coefficient (Wildman–Crippen LogP) is 0.301. The number of benzene rings is 1. The van der Waals surface area contributed by atoms with Crippen LogP contribution in [0.2, 0.25) is 0 Å². The Kier molecular flexibility index (Phi) is 3.34. The summed E-state index contributed by atoms with van der Waals surface area (Å²) in [5.74, 6) is -2.48. The maximum atomic E-state index is 11.5. The maximum absolute atomic E-state index is 11.5. The highest BCUT2D eigenvalue weighted by atomic mass is 16.4. The molecule has 6 nitrogen and oxygen atoms in total. The third kappa shape index (κ3) is 2.63. The van der Waals surface area contributed by atoms with Gasteiger partial charge in [0.1, 0.15) is 17.5 Å². The van der Waals surface area contributed by atoms with E-state index < -0.39 is 23.7 Å². The zero-order chi connectivity index (χ0) is 12.3. The highest BCUT2D eigenvalue weighted by Gasteiger charge is 2.17. The maximum Gasteiger partial charge on any atom is 0.325 e. The lowest BCUT2D eigenvalue weighted by Gasteiger charge is -2.10. The first-order chi connectivity index (χ1) is 7.41. The summed E-state index contributed by atoms with van der Waals surface area (Å²) < 4.78 is 0. The van der Waals surface area contributed by atoms with E-state index in [2.05, 4.69) is 5.32 Å². The average molecular weight is 225 g/mol. The monoisotopic (exact) mass is 225 g/mol. The molecule has 1 aromatic carbocycles. The largest absolute Gasteiger partial charge is 0.508 e. The van der Waals surface area contributed by atoms with Crippen LogP contribution in [0.25, 0.3) is 0 Å². The second-order valence-electron chi connectivity index (χ2n) is 3.23. The summed E-state index contributed by atoms with van der Waals surface area (Å²) in [6, 6.07) is 2.37. The zero-order valence-electron chi connectivity index (χ0n) is 8.47. The van der Waals surface area contributed by atoms with E-state index >= 15 is 0 Å². The first-order valence-corrected chi connectivity index (χ1v) is 4.47. The van der Waals surface area contributed by atoms with Gasteiger partial charge in [0.15, 0.2) is 0 Å². The normalized spacial score (nSPS) is 11.8. The van der Waals surface area contributed by atoms with Crippen molar-refractivity contribution in [3.63, 3.8) is 0 Å². The van der Waals surface area contributed by atoms with Gasteiger partial charge in [-0.15, -0.1) is 0 Å². The lowest BCUT2D eigenvalue weighted by molar-refractivity contribution is -0.138. The highest BCUT2D eigenvalue weighted by molar-refractivity contribution is 5.98. The Labute approximate surface area is 91.1 Å². The van der Waals surface area contributed by atoms with Gasteiger partial charge in [-0.1, -0.05) is 0 Å². The first-order valence-electron chi connectivity index (χ1n) is 4.47. The number of rotatable bonds is 3. The number of phenolic OH excluding ortho intramolecular Hbond substituents is 2. The highest BCUT2D eigenvalue weighted by Crippen LogP contribution is 2.22. The number of hydrogen-bond donors (Lipinski definition) is 4. The number of nitrogens with one attached hydrogen (secondary N) is 1. The number of carboxylic acid groups (broad SMARTS) is 1. The van der Waals surface area contributed by atoms with Crippen molar-refractivity contribution in [3.8, 4) is 11.5 Å². The van der Waals surface area contributed by atoms with Crippen molar-refractivity contribution >= 4 is 11.9 Å². The van der Waals surface area contributed by atoms with Crippen LogP contribution in [0.3, 0.4) is 0 Å². The molecule has 1 unspecified atom stereocenters. The molecule has 0 spiro atoms. The van der Waals surface area contributed by atoms with Crippen LogP contribution >= 0.6 is 0 Å². The summed E-state index contributed by atoms with van der Waals surface area (Å²) in [7, 11) is 0. The van der Waals surface area contributed by atoms with Crippen LogP contribution < -0.4 is 5.32 Å². The Hall–Kier alpha value is -2.24. The van der Waals surface area contributed by atoms with Crippen molar-refractivity contribution in [2.75, 3.05) is 0 Å². The summed E-state index contributed by atoms with van der Waals surface area (Å²) in [4.78, 5) is 22.0. The molecular weight excluding hydrogens is 214 g/mol. The van der Waals surface area contributed by atoms with E-state index in [1.54, 1.807) is 0 Å². The van der Waals surface area contributed by atoms with Gasteiger partial charge in [-0.3, -0.25) is 9.59 Å². The molecule has 1 atom stereocenters. The van der Waals surface area contributed by atoms with Gasteiger partial charge in [-0.25, -0.2) is 0 Å². The Balaban J connectivity index is 2.85. The van der Waals surface area contributed by atoms with Crippen LogP contribution in [0.4, 0.5) is 0 Å². The molecule has 0 saturated carbocycles. The third-order valence-electron chi connectivity index (χ3n) is 1.94. The van der Waals surface area contributed by atoms with Gasteiger partial charge in [0.05, 0.1) is 5.56 Å². The van der Waals surface area contributed by atoms with Crippen molar-refractivity contribution < 1.29 is 24.9 Å². The molecule has 0 aliphatic carbocycles. The van der Waals surface area contributed by atoms with Crippen LogP contribution in [0.1, 0.15) is 17.3 Å². The number of hydrogen-bond acceptors (Lipinski definition) is 4. The SMILES string of the molecule is CC(NC(=O)c1ccc(O)cc1O)C(=O)O. The smallest absolute Gasteiger partial charge is 0.325 e. The van der Waals surface area contributed by atoms with Crippen molar-refractivity contribution in [1.29, 1.82) is 0 Å². The molecule has 4 N–H and O–H groups in total. The molecular formula is C10H11NO5. The summed E-state index contributed by atoms with van der Waals surface area (Å²) >= 11 is 0. The molecule has 1 aromatic rings. The number of carbonyl (C=O) groups excluding carboxylic acids is 1. The number of aromatic hydroxyl groups is 2. The third-order valence-corrected chi connectivity index (χ3v) is 1.94. The molecule has 0 aromatic heterocycles. The molecule has 86 valence electrons. The lowest BCUT2D eigenvalue weighted by Crippen LogP contribution is -2.38. The topological polar surface area (TPSA) is 107 Å². The Morgan fingerprint density at radius 1 is 1.31 bits per heavy atom. The van der Waals surface area contributed by atoms with Crippen LogP contribution in [-0.2, 0) is 4.79 Å². The number of carboxylic acids is 1. The lowest BCUT2D eigenvalue weighted by atomic mass is 10.1. The molecule has 0 bridgehead atoms. The number of amides is 1. The number of phenols is 2. The molecule has 0 aliphatic heterocycles. The minimum Gasteiger partial charge on any atom is -0.508 e. The van der Waals surface area contributed by atoms with Crippen LogP contribution in [0.5, 0.6) is 11.5 Å². The molecule has 0 heterocycles. The average Bonchev–Trinajstić information content (AvgIpc) is 2.16. The van der Waals surface area contributed by atoms with Gasteiger partial charge < -0.3 is 20.6 Å². The first kappa shape index (κ1) is 11.8. The van der Waals surface area contributed by atoms with Crippen molar-refractivity contribution in [1.82, 2.24) is 5.32 Å². The van der Waals surface area contributed by atoms with Gasteiger partial charge in [0, 0.05) is 6.07 Å². The van der Waals surface area contributed by atoms with Crippen molar-refractivity contribution in [3.05, 3.63) is 23.8 Å². The summed E-state index contributed by atoms with van der Waals surface area (Å²) in [6.45, 7) is 1.30. The minimum absolute atomic E-state index is 0.0918. The number of carbonyl (C=O) groups is 2. The van der Waals surface area contributed by atoms with Gasteiger partial charge in [0.25, 0.3) is 5.91 Å². The fourth-order valence-electron chi connectivity index (χ4n) is 1.05. The van der Waals surface area contributed by atoms with E-state index in [4.69, 9.17) is 10.2 Å². The molecule has 16 heavy (non-hydrogen) atoms. The van der Waals surface area contributed by atoms with Gasteiger partial charge in [-0.2, -0.15) is 0 Å². The van der Waals surface area contributed by atoms with Crippen molar-refractivity contribution in [2.24, 2.45) is 0 Å². The molecule has 1 amide bonds. The molecule has 0 radical (unpaired) electrons. The summed E-state index contributed by atoms with van der Waals surface area (Å²) in [5, 5.41) is 29.1. The van der Waals surface area contributed by atoms with Crippen molar-refractivity contribution in [2.45, 2.75) is 13.0 Å². The predicted molar refractivity (Wildman–Crippen MR) is 54.3 cm³/mol. The summed E-state index contributed by atoms with van der Waals surface area (Å²) in [5.41, 5.74) is -0.0918. The van der Waals surface area contributed by atoms with E-state index in [9.17, 15) is 14.7 Å². The second-order valence-corrected chi connectivity index (χ2v) is 3.23. The molecule has 6 heteroatoms. The second kappa shape index (κ2) is 4.52. The molecule has 1 rings (SSSR count). The van der Waals surface area contributed by atoms with Gasteiger partial charge in [0.2, 0.25) is 0 Å². The zero-order valence-corrected chi connectivity index (χ0v) is 8.47. The molecule has 0 saturated heterocycles. The van der Waals surface area contributed by atoms with E-state index in [0.29, 0.717) is 0 Å². The molecule has 0 aliphatic rings. The van der Waals surface area contributed by atoms with Gasteiger partial charge >= 0.3 is 5.97 Å². The van der Waals surface area contributed by atoms with E-state index in [-0.39, 0.29) is 11.3 Å². The van der Waals surface area contributed by atoms with Crippen LogP contribution in [0, 0.1) is 0 Å². The van der Waals surface area contributed by atoms with E-state index in [1.165, 1.54) is 19.1 Å². The molecule has 0 fully saturated rings. The number of aliphatic carboxylic acids is 1. The van der Waals surface area contributed by atoms with Crippen LogP contribution in [-0.4, -0.2) is 33.2 Å². The Bertz CT molecular complexity index is 429. The minimum atomic E-state index is -1.17. The van der Waals surface area contributed by atoms with Gasteiger partial charge in [-0.05, 0) is 19.1 Å². The Morgan fingerprint density at radius 3 is 2.44 bits per heavy atom.